The second-order valence-corrected chi connectivity index (χ2v) is 5.86. The Labute approximate surface area is 81.6 Å². The minimum Gasteiger partial charge on any atom is -0.334 e. The van der Waals surface area contributed by atoms with Crippen molar-refractivity contribution in [1.29, 1.82) is 0 Å². The van der Waals surface area contributed by atoms with Crippen molar-refractivity contribution in [1.82, 2.24) is 4.90 Å². The summed E-state index contributed by atoms with van der Waals surface area (Å²) in [5.74, 6) is 0. The van der Waals surface area contributed by atoms with Gasteiger partial charge < -0.3 is 4.90 Å². The zero-order valence-corrected chi connectivity index (χ0v) is 9.81. The Hall–Kier alpha value is -0.260. The summed E-state index contributed by atoms with van der Waals surface area (Å²) in [6, 6.07) is 0. The number of amides is 1. The van der Waals surface area contributed by atoms with Crippen LogP contribution in [-0.4, -0.2) is 42.8 Å². The molecule has 0 aromatic carbocycles. The van der Waals surface area contributed by atoms with E-state index >= 15 is 0 Å². The highest BCUT2D eigenvalue weighted by atomic mass is 32.3. The Kier molecular flexibility index (Phi) is 5.36. The van der Waals surface area contributed by atoms with Crippen LogP contribution < -0.4 is 0 Å². The highest BCUT2D eigenvalue weighted by Crippen LogP contribution is 2.43. The van der Waals surface area contributed by atoms with Crippen molar-refractivity contribution in [3.63, 3.8) is 0 Å². The van der Waals surface area contributed by atoms with Gasteiger partial charge in [-0.15, -0.1) is 0 Å². The van der Waals surface area contributed by atoms with Gasteiger partial charge in [-0.2, -0.15) is 4.33 Å². The number of nitrogens with zero attached hydrogens (tertiary/aromatic N) is 1. The van der Waals surface area contributed by atoms with Gasteiger partial charge in [0.1, 0.15) is 0 Å². The fourth-order valence-corrected chi connectivity index (χ4v) is 2.27. The fraction of sp³-hybridized carbons (Fsp3) is 0.875. The fourth-order valence-electron chi connectivity index (χ4n) is 0.992. The van der Waals surface area contributed by atoms with E-state index in [2.05, 4.69) is 4.89 Å². The molecule has 0 saturated heterocycles. The third-order valence-electron chi connectivity index (χ3n) is 1.68. The standard InChI is InChI=1S/C8H19NO3S/c1-6-9(7-2)8(10)13(4,5)12-11-3/h6-7H2,1-5H3. The van der Waals surface area contributed by atoms with Crippen molar-refractivity contribution in [3.05, 3.63) is 0 Å². The van der Waals surface area contributed by atoms with Crippen LogP contribution in [0.4, 0.5) is 4.79 Å². The number of hydrogen-bond donors (Lipinski definition) is 0. The van der Waals surface area contributed by atoms with Gasteiger partial charge in [-0.05, 0) is 36.7 Å². The van der Waals surface area contributed by atoms with Crippen molar-refractivity contribution in [3.8, 4) is 0 Å². The normalized spacial score (nSPS) is 12.7. The largest absolute Gasteiger partial charge is 0.334 e. The van der Waals surface area contributed by atoms with Gasteiger partial charge in [0.05, 0.1) is 7.11 Å². The minimum atomic E-state index is -1.77. The summed E-state index contributed by atoms with van der Waals surface area (Å²) in [4.78, 5) is 18.1. The maximum absolute atomic E-state index is 11.8. The monoisotopic (exact) mass is 209 g/mol. The second kappa shape index (κ2) is 5.47. The first-order chi connectivity index (χ1) is 5.99. The predicted octanol–water partition coefficient (Wildman–Crippen LogP) is 2.01. The molecule has 0 aliphatic rings. The number of carbonyl (C=O) groups is 1. The topological polar surface area (TPSA) is 38.8 Å². The Bertz CT molecular complexity index is 169. The van der Waals surface area contributed by atoms with Gasteiger partial charge in [0.15, 0.2) is 0 Å². The molecule has 0 unspecified atom stereocenters. The minimum absolute atomic E-state index is 0.0272. The van der Waals surface area contributed by atoms with Gasteiger partial charge in [0.2, 0.25) is 0 Å². The summed E-state index contributed by atoms with van der Waals surface area (Å²) >= 11 is 0. The molecular weight excluding hydrogens is 190 g/mol. The van der Waals surface area contributed by atoms with Crippen LogP contribution in [-0.2, 0) is 9.22 Å². The molecule has 80 valence electrons. The molecular formula is C8H19NO3S. The molecule has 0 heterocycles. The van der Waals surface area contributed by atoms with Gasteiger partial charge in [0.25, 0.3) is 5.24 Å². The quantitative estimate of drug-likeness (QED) is 0.525. The summed E-state index contributed by atoms with van der Waals surface area (Å²) < 4.78 is 4.97. The molecule has 0 aliphatic heterocycles. The van der Waals surface area contributed by atoms with E-state index in [-0.39, 0.29) is 5.24 Å². The van der Waals surface area contributed by atoms with Crippen LogP contribution >= 0.6 is 10.3 Å². The Morgan fingerprint density at radius 3 is 2.08 bits per heavy atom. The average molecular weight is 209 g/mol. The van der Waals surface area contributed by atoms with Crippen molar-refractivity contribution < 1.29 is 14.0 Å². The van der Waals surface area contributed by atoms with Crippen LogP contribution in [0.25, 0.3) is 0 Å². The maximum atomic E-state index is 11.8. The van der Waals surface area contributed by atoms with Gasteiger partial charge in [-0.1, -0.05) is 0 Å². The van der Waals surface area contributed by atoms with Crippen LogP contribution in [0.1, 0.15) is 13.8 Å². The van der Waals surface area contributed by atoms with Gasteiger partial charge in [-0.25, -0.2) is 4.89 Å². The first-order valence-corrected chi connectivity index (χ1v) is 6.61. The van der Waals surface area contributed by atoms with Crippen molar-refractivity contribution in [2.24, 2.45) is 0 Å². The Balaban J connectivity index is 4.36. The number of carbonyl (C=O) groups excluding carboxylic acids is 1. The maximum Gasteiger partial charge on any atom is 0.288 e. The third-order valence-corrected chi connectivity index (χ3v) is 3.26. The lowest BCUT2D eigenvalue weighted by atomic mass is 10.6. The predicted molar refractivity (Wildman–Crippen MR) is 55.9 cm³/mol. The molecule has 0 rings (SSSR count). The van der Waals surface area contributed by atoms with E-state index in [1.54, 1.807) is 17.4 Å². The van der Waals surface area contributed by atoms with Gasteiger partial charge in [-0.3, -0.25) is 4.79 Å². The number of rotatable bonds is 4. The van der Waals surface area contributed by atoms with Crippen LogP contribution in [0.15, 0.2) is 0 Å². The highest BCUT2D eigenvalue weighted by Gasteiger charge is 2.27. The molecule has 0 aromatic rings. The summed E-state index contributed by atoms with van der Waals surface area (Å²) in [6.45, 7) is 5.31. The van der Waals surface area contributed by atoms with Crippen LogP contribution in [0.2, 0.25) is 0 Å². The molecule has 0 radical (unpaired) electrons. The van der Waals surface area contributed by atoms with Crippen LogP contribution in [0.3, 0.4) is 0 Å². The molecule has 13 heavy (non-hydrogen) atoms. The van der Waals surface area contributed by atoms with E-state index in [1.165, 1.54) is 7.11 Å². The third kappa shape index (κ3) is 3.54. The van der Waals surface area contributed by atoms with E-state index in [1.807, 2.05) is 13.8 Å². The van der Waals surface area contributed by atoms with Crippen molar-refractivity contribution in [2.45, 2.75) is 13.8 Å². The van der Waals surface area contributed by atoms with Crippen molar-refractivity contribution in [2.75, 3.05) is 32.7 Å². The second-order valence-electron chi connectivity index (χ2n) is 2.91. The lowest BCUT2D eigenvalue weighted by Gasteiger charge is -2.32. The first kappa shape index (κ1) is 12.7. The summed E-state index contributed by atoms with van der Waals surface area (Å²) in [5.41, 5.74) is 0. The number of hydrogen-bond acceptors (Lipinski definition) is 3. The summed E-state index contributed by atoms with van der Waals surface area (Å²) in [7, 11) is -0.348. The highest BCUT2D eigenvalue weighted by molar-refractivity contribution is 8.40. The van der Waals surface area contributed by atoms with E-state index < -0.39 is 10.3 Å². The van der Waals surface area contributed by atoms with Gasteiger partial charge >= 0.3 is 0 Å². The molecule has 4 nitrogen and oxygen atoms in total. The Morgan fingerprint density at radius 2 is 1.77 bits per heavy atom. The van der Waals surface area contributed by atoms with Crippen LogP contribution in [0.5, 0.6) is 0 Å². The molecule has 0 saturated carbocycles. The molecule has 0 fully saturated rings. The van der Waals surface area contributed by atoms with E-state index in [0.717, 1.165) is 0 Å². The zero-order chi connectivity index (χ0) is 10.5. The zero-order valence-electron chi connectivity index (χ0n) is 8.99. The van der Waals surface area contributed by atoms with Crippen LogP contribution in [0, 0.1) is 0 Å². The lowest BCUT2D eigenvalue weighted by Crippen LogP contribution is -2.33. The summed E-state index contributed by atoms with van der Waals surface area (Å²) in [6.07, 6.45) is 3.55. The van der Waals surface area contributed by atoms with E-state index in [0.29, 0.717) is 13.1 Å². The molecule has 0 bridgehead atoms. The lowest BCUT2D eigenvalue weighted by molar-refractivity contribution is -0.164. The van der Waals surface area contributed by atoms with Crippen molar-refractivity contribution >= 4 is 15.5 Å². The average Bonchev–Trinajstić information content (AvgIpc) is 2.06. The Morgan fingerprint density at radius 1 is 1.31 bits per heavy atom. The molecule has 5 heteroatoms. The molecule has 0 spiro atoms. The molecule has 0 aliphatic carbocycles. The van der Waals surface area contributed by atoms with E-state index in [4.69, 9.17) is 4.33 Å². The van der Waals surface area contributed by atoms with E-state index in [9.17, 15) is 4.79 Å². The SMILES string of the molecule is CCN(CC)C(=O)S(C)(C)OOC. The molecule has 1 amide bonds. The smallest absolute Gasteiger partial charge is 0.288 e. The summed E-state index contributed by atoms with van der Waals surface area (Å²) in [5, 5.41) is 0.0272. The molecule has 0 N–H and O–H groups in total. The first-order valence-electron chi connectivity index (χ1n) is 4.24. The molecule has 0 aromatic heterocycles. The molecule has 0 atom stereocenters. The van der Waals surface area contributed by atoms with Gasteiger partial charge in [0, 0.05) is 13.1 Å².